The third kappa shape index (κ3) is 7.25. The molecule has 1 aromatic heterocycles. The van der Waals surface area contributed by atoms with Crippen LogP contribution >= 0.6 is 11.3 Å². The maximum absolute atomic E-state index is 2.71. The molecule has 4 heteroatoms. The monoisotopic (exact) mass is 957 g/mol. The van der Waals surface area contributed by atoms with E-state index < -0.39 is 0 Å². The Hall–Kier alpha value is -6.36. The van der Waals surface area contributed by atoms with Gasteiger partial charge in [-0.2, -0.15) is 0 Å². The van der Waals surface area contributed by atoms with Crippen LogP contribution in [0.3, 0.4) is 0 Å². The predicted octanol–water partition coefficient (Wildman–Crippen LogP) is 17.6. The van der Waals surface area contributed by atoms with Crippen molar-refractivity contribution in [2.24, 2.45) is 0 Å². The van der Waals surface area contributed by atoms with Gasteiger partial charge in [0.2, 0.25) is 0 Å². The topological polar surface area (TPSA) is 6.48 Å². The van der Waals surface area contributed by atoms with Gasteiger partial charge in [0, 0.05) is 54.2 Å². The van der Waals surface area contributed by atoms with Crippen LogP contribution in [0.4, 0.5) is 34.1 Å². The number of benzene rings is 8. The van der Waals surface area contributed by atoms with Crippen molar-refractivity contribution in [3.63, 3.8) is 0 Å². The van der Waals surface area contributed by atoms with Gasteiger partial charge >= 0.3 is 0 Å². The van der Waals surface area contributed by atoms with Crippen molar-refractivity contribution in [3.05, 3.63) is 185 Å². The number of anilines is 6. The van der Waals surface area contributed by atoms with Gasteiger partial charge < -0.3 is 9.80 Å². The lowest BCUT2D eigenvalue weighted by molar-refractivity contribution is 0.403. The van der Waals surface area contributed by atoms with Gasteiger partial charge in [-0.25, -0.2) is 0 Å². The number of nitrogens with zero attached hydrogens (tertiary/aromatic N) is 2. The van der Waals surface area contributed by atoms with Crippen LogP contribution in [0.5, 0.6) is 0 Å². The van der Waals surface area contributed by atoms with Gasteiger partial charge in [0.15, 0.2) is 0 Å². The van der Waals surface area contributed by atoms with Crippen LogP contribution in [0.2, 0.25) is 0 Å². The molecule has 2 aliphatic heterocycles. The summed E-state index contributed by atoms with van der Waals surface area (Å²) in [7, 11) is 0. The molecule has 360 valence electrons. The second kappa shape index (κ2) is 15.8. The molecule has 0 saturated carbocycles. The smallest absolute Gasteiger partial charge is 0.252 e. The summed E-state index contributed by atoms with van der Waals surface area (Å²) in [5, 5.41) is 2.68. The Morgan fingerprint density at radius 3 is 1.68 bits per heavy atom. The van der Waals surface area contributed by atoms with E-state index in [-0.39, 0.29) is 33.8 Å². The van der Waals surface area contributed by atoms with Crippen LogP contribution in [0.1, 0.15) is 130 Å². The summed E-state index contributed by atoms with van der Waals surface area (Å²) in [4.78, 5) is 5.35. The molecule has 8 aromatic carbocycles. The zero-order valence-corrected chi connectivity index (χ0v) is 45.8. The SMILES string of the molecule is Cc1cc(C(C)(C)C)ccc1N1c2ccc(-c3cccc4sc5ccccc5c34)cc2B2c3cc4c(cc3N(c3ccc(C(C)(C)C)cc3-c3ccccc3)c3cc(C(C)(C)C)cc1c32)C(C)(C)CC4(C)C. The van der Waals surface area contributed by atoms with E-state index in [2.05, 4.69) is 258 Å². The molecule has 0 bridgehead atoms. The molecule has 0 atom stereocenters. The average Bonchev–Trinajstić information content (AvgIpc) is 3.79. The lowest BCUT2D eigenvalue weighted by Gasteiger charge is -2.46. The normalized spacial score (nSPS) is 15.7. The van der Waals surface area contributed by atoms with E-state index in [4.69, 9.17) is 0 Å². The average molecular weight is 957 g/mol. The largest absolute Gasteiger partial charge is 0.311 e. The second-order valence-electron chi connectivity index (χ2n) is 25.8. The minimum atomic E-state index is -0.141. The molecule has 0 N–H and O–H groups in total. The quantitative estimate of drug-likeness (QED) is 0.162. The Bertz CT molecular complexity index is 3700. The lowest BCUT2D eigenvalue weighted by Crippen LogP contribution is -2.61. The standard InChI is InChI=1S/C68H69BN2S/c1-41-33-44(64(2,3)4)28-31-54(41)70-56-30-27-43(47-24-20-26-61-62(47)48-23-18-19-25-60(48)72-61)34-52(56)69-53-38-50-51(68(13,14)40-67(50,11)12)39-57(53)71(59-37-46(66(8,9)10)36-58(70)63(59)69)55-32-29-45(65(5,6)7)35-49(55)42-21-16-15-17-22-42/h15-39H,40H2,1-14H3. The van der Waals surface area contributed by atoms with E-state index in [1.807, 2.05) is 11.3 Å². The van der Waals surface area contributed by atoms with Gasteiger partial charge in [-0.3, -0.25) is 0 Å². The van der Waals surface area contributed by atoms with Crippen molar-refractivity contribution in [1.29, 1.82) is 0 Å². The van der Waals surface area contributed by atoms with Crippen LogP contribution in [-0.2, 0) is 27.1 Å². The number of thiophene rings is 1. The third-order valence-electron chi connectivity index (χ3n) is 16.6. The first-order valence-corrected chi connectivity index (χ1v) is 27.1. The second-order valence-corrected chi connectivity index (χ2v) is 26.9. The van der Waals surface area contributed by atoms with Crippen LogP contribution in [0.15, 0.2) is 152 Å². The molecule has 0 unspecified atom stereocenters. The molecule has 3 heterocycles. The number of aryl methyl sites for hydroxylation is 1. The van der Waals surface area contributed by atoms with Gasteiger partial charge in [-0.15, -0.1) is 11.3 Å². The van der Waals surface area contributed by atoms with Gasteiger partial charge in [0.1, 0.15) is 0 Å². The fourth-order valence-electron chi connectivity index (χ4n) is 13.0. The van der Waals surface area contributed by atoms with E-state index in [1.165, 1.54) is 126 Å². The molecule has 1 aliphatic carbocycles. The highest BCUT2D eigenvalue weighted by Crippen LogP contribution is 2.54. The van der Waals surface area contributed by atoms with Gasteiger partial charge in [0.25, 0.3) is 6.71 Å². The van der Waals surface area contributed by atoms with Crippen LogP contribution in [0.25, 0.3) is 42.4 Å². The lowest BCUT2D eigenvalue weighted by atomic mass is 9.33. The predicted molar refractivity (Wildman–Crippen MR) is 316 cm³/mol. The fraction of sp³-hybridized carbons (Fsp3) is 0.294. The van der Waals surface area contributed by atoms with Crippen molar-refractivity contribution in [2.75, 3.05) is 9.80 Å². The minimum Gasteiger partial charge on any atom is -0.311 e. The van der Waals surface area contributed by atoms with Gasteiger partial charge in [-0.1, -0.05) is 187 Å². The van der Waals surface area contributed by atoms with Gasteiger partial charge in [-0.05, 0) is 161 Å². The number of hydrogen-bond acceptors (Lipinski definition) is 3. The molecule has 0 radical (unpaired) electrons. The first kappa shape index (κ1) is 46.7. The molecule has 9 aromatic rings. The molecule has 3 aliphatic rings. The maximum atomic E-state index is 2.71. The molecule has 0 fully saturated rings. The van der Waals surface area contributed by atoms with E-state index in [1.54, 1.807) is 0 Å². The van der Waals surface area contributed by atoms with Crippen molar-refractivity contribution < 1.29 is 0 Å². The van der Waals surface area contributed by atoms with E-state index in [9.17, 15) is 0 Å². The summed E-state index contributed by atoms with van der Waals surface area (Å²) >= 11 is 1.90. The van der Waals surface area contributed by atoms with Crippen molar-refractivity contribution in [1.82, 2.24) is 0 Å². The maximum Gasteiger partial charge on any atom is 0.252 e. The molecule has 0 amide bonds. The molecular formula is C68H69BN2S. The number of rotatable bonds is 4. The Labute approximate surface area is 433 Å². The molecule has 0 saturated heterocycles. The first-order chi connectivity index (χ1) is 34.0. The van der Waals surface area contributed by atoms with Crippen LogP contribution in [-0.4, -0.2) is 6.71 Å². The fourth-order valence-corrected chi connectivity index (χ4v) is 14.1. The van der Waals surface area contributed by atoms with Crippen molar-refractivity contribution in [3.8, 4) is 22.3 Å². The summed E-state index contributed by atoms with van der Waals surface area (Å²) in [6, 6.07) is 59.5. The summed E-state index contributed by atoms with van der Waals surface area (Å²) in [5.41, 5.74) is 24.7. The Morgan fingerprint density at radius 1 is 0.444 bits per heavy atom. The summed E-state index contributed by atoms with van der Waals surface area (Å²) in [5.74, 6) is 0. The Kier molecular flexibility index (Phi) is 10.3. The highest BCUT2D eigenvalue weighted by molar-refractivity contribution is 7.26. The minimum absolute atomic E-state index is 0.00373. The summed E-state index contributed by atoms with van der Waals surface area (Å²) < 4.78 is 2.66. The first-order valence-electron chi connectivity index (χ1n) is 26.3. The highest BCUT2D eigenvalue weighted by atomic mass is 32.1. The van der Waals surface area contributed by atoms with Crippen LogP contribution < -0.4 is 26.2 Å². The summed E-state index contributed by atoms with van der Waals surface area (Å²) in [6.45, 7) is 33.3. The molecule has 12 rings (SSSR count). The highest BCUT2D eigenvalue weighted by Gasteiger charge is 2.49. The van der Waals surface area contributed by atoms with Crippen LogP contribution in [0, 0.1) is 6.92 Å². The van der Waals surface area contributed by atoms with E-state index >= 15 is 0 Å². The van der Waals surface area contributed by atoms with Crippen molar-refractivity contribution in [2.45, 2.75) is 130 Å². The number of hydrogen-bond donors (Lipinski definition) is 0. The molecule has 2 nitrogen and oxygen atoms in total. The van der Waals surface area contributed by atoms with Gasteiger partial charge in [0.05, 0.1) is 5.69 Å². The number of fused-ring (bicyclic) bond motifs is 8. The Morgan fingerprint density at radius 2 is 1.01 bits per heavy atom. The zero-order chi connectivity index (χ0) is 50.6. The van der Waals surface area contributed by atoms with E-state index in [0.717, 1.165) is 6.42 Å². The molecule has 72 heavy (non-hydrogen) atoms. The van der Waals surface area contributed by atoms with E-state index in [0.29, 0.717) is 0 Å². The Balaban J connectivity index is 1.23. The van der Waals surface area contributed by atoms with Crippen molar-refractivity contribution >= 4 is 88.7 Å². The summed E-state index contributed by atoms with van der Waals surface area (Å²) in [6.07, 6.45) is 1.10. The molecule has 0 spiro atoms. The molecular weight excluding hydrogens is 888 g/mol. The third-order valence-corrected chi connectivity index (χ3v) is 17.8. The zero-order valence-electron chi connectivity index (χ0n) is 45.0.